The van der Waals surface area contributed by atoms with Crippen LogP contribution in [0.1, 0.15) is 52.9 Å². The Balaban J connectivity index is 1.75. The number of carbonyl (C=O) groups is 2. The highest BCUT2D eigenvalue weighted by molar-refractivity contribution is 8.03. The smallest absolute Gasteiger partial charge is 0.156 e. The highest BCUT2D eigenvalue weighted by atomic mass is 32.2. The van der Waals surface area contributed by atoms with E-state index in [2.05, 4.69) is 18.4 Å². The number of hydrogen-bond acceptors (Lipinski definition) is 3. The quantitative estimate of drug-likeness (QED) is 0.713. The predicted molar refractivity (Wildman–Crippen MR) is 101 cm³/mol. The lowest BCUT2D eigenvalue weighted by Crippen LogP contribution is -2.65. The van der Waals surface area contributed by atoms with Gasteiger partial charge in [0.2, 0.25) is 0 Å². The molecule has 5 aliphatic carbocycles. The van der Waals surface area contributed by atoms with Crippen molar-refractivity contribution in [2.24, 2.45) is 40.9 Å². The Kier molecular flexibility index (Phi) is 3.49. The zero-order valence-corrected chi connectivity index (χ0v) is 16.3. The van der Waals surface area contributed by atoms with Crippen LogP contribution in [0.15, 0.2) is 22.6 Å². The maximum Gasteiger partial charge on any atom is 0.156 e. The Morgan fingerprint density at radius 2 is 1.64 bits per heavy atom. The predicted octanol–water partition coefficient (Wildman–Crippen LogP) is 4.80. The van der Waals surface area contributed by atoms with Gasteiger partial charge in [0.1, 0.15) is 5.78 Å². The normalized spacial score (nSPS) is 49.8. The molecule has 2 nitrogen and oxygen atoms in total. The molecular formula is C22H28O2S. The van der Waals surface area contributed by atoms with Gasteiger partial charge >= 0.3 is 0 Å². The number of rotatable bonds is 2. The van der Waals surface area contributed by atoms with E-state index in [9.17, 15) is 9.59 Å². The van der Waals surface area contributed by atoms with Gasteiger partial charge in [-0.15, -0.1) is 11.8 Å². The highest BCUT2D eigenvalue weighted by Gasteiger charge is 2.68. The summed E-state index contributed by atoms with van der Waals surface area (Å²) in [5.74, 6) is 3.61. The molecule has 6 rings (SSSR count). The van der Waals surface area contributed by atoms with Crippen molar-refractivity contribution in [3.05, 3.63) is 22.6 Å². The van der Waals surface area contributed by atoms with Gasteiger partial charge in [-0.3, -0.25) is 9.59 Å². The summed E-state index contributed by atoms with van der Waals surface area (Å²) in [4.78, 5) is 25.7. The summed E-state index contributed by atoms with van der Waals surface area (Å²) in [6, 6.07) is 0. The number of ketones is 2. The fourth-order valence-electron chi connectivity index (χ4n) is 7.99. The lowest BCUT2D eigenvalue weighted by atomic mass is 9.38. The average molecular weight is 357 g/mol. The molecule has 0 amide bonds. The molecule has 0 aromatic heterocycles. The molecule has 134 valence electrons. The second-order valence-corrected chi connectivity index (χ2v) is 10.5. The second-order valence-electron chi connectivity index (χ2n) is 9.41. The molecule has 6 aliphatic rings. The largest absolute Gasteiger partial charge is 0.299 e. The first-order chi connectivity index (χ1) is 11.9. The van der Waals surface area contributed by atoms with Gasteiger partial charge < -0.3 is 0 Å². The van der Waals surface area contributed by atoms with Gasteiger partial charge in [-0.25, -0.2) is 0 Å². The first kappa shape index (κ1) is 16.4. The van der Waals surface area contributed by atoms with Crippen molar-refractivity contribution in [3.63, 3.8) is 0 Å². The van der Waals surface area contributed by atoms with Crippen LogP contribution in [0, 0.1) is 40.9 Å². The van der Waals surface area contributed by atoms with E-state index in [1.165, 1.54) is 37.7 Å². The Hall–Kier alpha value is -0.830. The minimum Gasteiger partial charge on any atom is -0.299 e. The zero-order valence-electron chi connectivity index (χ0n) is 15.5. The van der Waals surface area contributed by atoms with Crippen LogP contribution in [0.2, 0.25) is 0 Å². The molecule has 3 unspecified atom stereocenters. The summed E-state index contributed by atoms with van der Waals surface area (Å²) < 4.78 is 0. The van der Waals surface area contributed by atoms with Crippen molar-refractivity contribution < 1.29 is 9.59 Å². The van der Waals surface area contributed by atoms with E-state index < -0.39 is 0 Å². The third-order valence-corrected chi connectivity index (χ3v) is 9.69. The third-order valence-electron chi connectivity index (χ3n) is 8.38. The summed E-state index contributed by atoms with van der Waals surface area (Å²) in [5.41, 5.74) is 2.09. The van der Waals surface area contributed by atoms with Gasteiger partial charge in [-0.1, -0.05) is 11.6 Å². The van der Waals surface area contributed by atoms with Crippen molar-refractivity contribution in [1.29, 1.82) is 0 Å². The van der Waals surface area contributed by atoms with E-state index in [4.69, 9.17) is 0 Å². The van der Waals surface area contributed by atoms with Gasteiger partial charge in [0.25, 0.3) is 0 Å². The zero-order chi connectivity index (χ0) is 17.5. The second kappa shape index (κ2) is 5.34. The van der Waals surface area contributed by atoms with E-state index in [1.807, 2.05) is 11.8 Å². The average Bonchev–Trinajstić information content (AvgIpc) is 3.02. The SMILES string of the molecule is CC(=O)C1=C(C)C2C=CSC2C2(C3CC4CC(C3)CC2C4)C1C(C)=O. The van der Waals surface area contributed by atoms with Crippen LogP contribution in [0.5, 0.6) is 0 Å². The summed E-state index contributed by atoms with van der Waals surface area (Å²) in [6.07, 6.45) is 8.92. The fraction of sp³-hybridized carbons (Fsp3) is 0.727. The molecule has 0 aromatic carbocycles. The van der Waals surface area contributed by atoms with Gasteiger partial charge in [0.05, 0.1) is 5.92 Å². The van der Waals surface area contributed by atoms with E-state index in [0.717, 1.165) is 17.4 Å². The molecule has 1 spiro atoms. The van der Waals surface area contributed by atoms with E-state index in [0.29, 0.717) is 23.0 Å². The number of fused-ring (bicyclic) bond motifs is 1. The minimum atomic E-state index is -0.159. The van der Waals surface area contributed by atoms with Crippen molar-refractivity contribution in [2.75, 3.05) is 0 Å². The van der Waals surface area contributed by atoms with Crippen molar-refractivity contribution in [3.8, 4) is 0 Å². The third kappa shape index (κ3) is 1.94. The molecule has 4 saturated carbocycles. The van der Waals surface area contributed by atoms with Crippen LogP contribution in [-0.2, 0) is 9.59 Å². The molecule has 0 aromatic rings. The van der Waals surface area contributed by atoms with Crippen LogP contribution in [-0.4, -0.2) is 16.8 Å². The number of allylic oxidation sites excluding steroid dienone is 3. The molecule has 4 fully saturated rings. The Morgan fingerprint density at radius 1 is 1.04 bits per heavy atom. The van der Waals surface area contributed by atoms with Crippen molar-refractivity contribution in [2.45, 2.75) is 58.1 Å². The maximum absolute atomic E-state index is 13.0. The molecule has 0 saturated heterocycles. The lowest BCUT2D eigenvalue weighted by Gasteiger charge is -2.67. The fourth-order valence-corrected chi connectivity index (χ4v) is 9.64. The number of carbonyl (C=O) groups excluding carboxylic acids is 2. The highest BCUT2D eigenvalue weighted by Crippen LogP contribution is 2.72. The molecule has 3 atom stereocenters. The summed E-state index contributed by atoms with van der Waals surface area (Å²) >= 11 is 1.96. The molecule has 25 heavy (non-hydrogen) atoms. The van der Waals surface area contributed by atoms with Crippen LogP contribution >= 0.6 is 11.8 Å². The standard InChI is InChI=1S/C22H28O2S/c1-11-18-4-5-25-21(18)22(20(13(3)24)19(11)12(2)23)16-7-14-6-15(9-16)10-17(22)8-14/h4-5,14-18,20-21H,6-10H2,1-3H3. The van der Waals surface area contributed by atoms with E-state index in [1.54, 1.807) is 13.8 Å². The van der Waals surface area contributed by atoms with Crippen LogP contribution < -0.4 is 0 Å². The Morgan fingerprint density at radius 3 is 2.16 bits per heavy atom. The molecule has 3 heteroatoms. The van der Waals surface area contributed by atoms with Gasteiger partial charge in [0.15, 0.2) is 5.78 Å². The summed E-state index contributed by atoms with van der Waals surface area (Å²) in [5, 5.41) is 2.73. The van der Waals surface area contributed by atoms with Crippen molar-refractivity contribution in [1.82, 2.24) is 0 Å². The number of Topliss-reactive ketones (excluding diaryl/α,β-unsaturated/α-hetero) is 2. The van der Waals surface area contributed by atoms with Gasteiger partial charge in [0, 0.05) is 22.2 Å². The maximum atomic E-state index is 13.0. The molecule has 0 N–H and O–H groups in total. The van der Waals surface area contributed by atoms with Crippen LogP contribution in [0.4, 0.5) is 0 Å². The van der Waals surface area contributed by atoms with Crippen LogP contribution in [0.3, 0.4) is 0 Å². The molecule has 0 radical (unpaired) electrons. The van der Waals surface area contributed by atoms with E-state index in [-0.39, 0.29) is 22.9 Å². The topological polar surface area (TPSA) is 34.1 Å². The number of thioether (sulfide) groups is 1. The lowest BCUT2D eigenvalue weighted by molar-refractivity contribution is -0.157. The van der Waals surface area contributed by atoms with Crippen molar-refractivity contribution >= 4 is 23.3 Å². The Bertz CT molecular complexity index is 688. The summed E-state index contributed by atoms with van der Waals surface area (Å²) in [7, 11) is 0. The first-order valence-corrected chi connectivity index (χ1v) is 10.9. The summed E-state index contributed by atoms with van der Waals surface area (Å²) in [6.45, 7) is 5.55. The molecule has 1 aliphatic heterocycles. The molecule has 1 heterocycles. The van der Waals surface area contributed by atoms with Gasteiger partial charge in [-0.05, 0) is 82.0 Å². The molecular weight excluding hydrogens is 328 g/mol. The van der Waals surface area contributed by atoms with Gasteiger partial charge in [-0.2, -0.15) is 0 Å². The minimum absolute atomic E-state index is 0.0264. The molecule has 4 bridgehead atoms. The number of hydrogen-bond donors (Lipinski definition) is 0. The van der Waals surface area contributed by atoms with Crippen LogP contribution in [0.25, 0.3) is 0 Å². The van der Waals surface area contributed by atoms with E-state index >= 15 is 0 Å². The monoisotopic (exact) mass is 356 g/mol. The first-order valence-electron chi connectivity index (χ1n) is 9.98. The Labute approximate surface area is 154 Å².